The summed E-state index contributed by atoms with van der Waals surface area (Å²) < 4.78 is 27.7. The van der Waals surface area contributed by atoms with Crippen LogP contribution in [-0.4, -0.2) is 14.3 Å². The number of aryl methyl sites for hydroxylation is 1. The van der Waals surface area contributed by atoms with E-state index in [9.17, 15) is 13.2 Å². The van der Waals surface area contributed by atoms with Crippen molar-refractivity contribution in [2.75, 3.05) is 10.0 Å². The number of benzene rings is 2. The molecule has 0 aromatic heterocycles. The molecule has 0 heterocycles. The first-order valence-corrected chi connectivity index (χ1v) is 10.6. The highest BCUT2D eigenvalue weighted by Gasteiger charge is 2.19. The molecular weight excluding hydrogens is 393 g/mol. The Hall–Kier alpha value is -1.05. The van der Waals surface area contributed by atoms with Gasteiger partial charge in [0.25, 0.3) is 10.0 Å². The van der Waals surface area contributed by atoms with Crippen molar-refractivity contribution in [2.45, 2.75) is 23.4 Å². The van der Waals surface area contributed by atoms with Crippen LogP contribution in [0.1, 0.15) is 18.1 Å². The highest BCUT2D eigenvalue weighted by molar-refractivity contribution is 7.92. The van der Waals surface area contributed by atoms with E-state index in [2.05, 4.69) is 37.8 Å². The van der Waals surface area contributed by atoms with Crippen LogP contribution in [0.4, 0.5) is 11.4 Å². The van der Waals surface area contributed by atoms with E-state index in [1.807, 2.05) is 6.07 Å². The van der Waals surface area contributed by atoms with Crippen molar-refractivity contribution in [2.24, 2.45) is 0 Å². The van der Waals surface area contributed by atoms with E-state index in [1.165, 1.54) is 13.0 Å². The molecule has 0 aliphatic carbocycles. The van der Waals surface area contributed by atoms with Gasteiger partial charge in [0.15, 0.2) is 0 Å². The lowest BCUT2D eigenvalue weighted by Crippen LogP contribution is -2.15. The van der Waals surface area contributed by atoms with Crippen molar-refractivity contribution in [3.8, 4) is 0 Å². The molecule has 9 heteroatoms. The second-order valence-corrected chi connectivity index (χ2v) is 12.3. The van der Waals surface area contributed by atoms with Gasteiger partial charge in [-0.1, -0.05) is 12.1 Å². The van der Waals surface area contributed by atoms with Gasteiger partial charge in [-0.25, -0.2) is 8.42 Å². The Labute approximate surface area is 155 Å². The third kappa shape index (κ3) is 5.46. The van der Waals surface area contributed by atoms with Crippen LogP contribution in [0.2, 0.25) is 0 Å². The van der Waals surface area contributed by atoms with E-state index in [0.717, 1.165) is 5.56 Å². The summed E-state index contributed by atoms with van der Waals surface area (Å²) in [5, 5.41) is 2.64. The van der Waals surface area contributed by atoms with Crippen LogP contribution in [0.3, 0.4) is 0 Å². The van der Waals surface area contributed by atoms with Gasteiger partial charge in [-0.3, -0.25) is 9.52 Å². The molecule has 0 saturated carbocycles. The van der Waals surface area contributed by atoms with Crippen LogP contribution in [0.5, 0.6) is 0 Å². The van der Waals surface area contributed by atoms with Gasteiger partial charge in [-0.2, -0.15) is 0 Å². The maximum Gasteiger partial charge on any atom is 0.262 e. The van der Waals surface area contributed by atoms with Gasteiger partial charge in [0.2, 0.25) is 5.91 Å². The molecule has 5 nitrogen and oxygen atoms in total. The number of sulfonamides is 1. The molecule has 0 radical (unpaired) electrons. The van der Waals surface area contributed by atoms with Crippen LogP contribution >= 0.6 is 27.7 Å². The molecule has 25 heavy (non-hydrogen) atoms. The Bertz CT molecular complexity index is 909. The highest BCUT2D eigenvalue weighted by atomic mass is 32.2. The Balaban J connectivity index is 2.32. The molecule has 2 aromatic carbocycles. The number of nitrogens with one attached hydrogen (secondary N) is 2. The summed E-state index contributed by atoms with van der Waals surface area (Å²) in [6.07, 6.45) is 0. The second-order valence-electron chi connectivity index (χ2n) is 5.78. The lowest BCUT2D eigenvalue weighted by atomic mass is 10.2. The smallest absolute Gasteiger partial charge is 0.262 e. The summed E-state index contributed by atoms with van der Waals surface area (Å²) in [6.45, 7) is 3.09. The summed E-state index contributed by atoms with van der Waals surface area (Å²) in [5.74, 6) is -0.208. The largest absolute Gasteiger partial charge is 0.326 e. The Morgan fingerprint density at radius 1 is 1.04 bits per heavy atom. The standard InChI is InChI=1S/C16H21N2O3P3S/c1-10-8-13(17-11(2)19)6-7-15(10)25(20,21)18-14-5-3-4-12(9-14)16(22,23)24/h3-9,18H,22-24H2,1-2H3,(H,17,19). The van der Waals surface area contributed by atoms with Crippen molar-refractivity contribution >= 4 is 55.0 Å². The molecule has 3 atom stereocenters. The Morgan fingerprint density at radius 2 is 1.72 bits per heavy atom. The van der Waals surface area contributed by atoms with E-state index < -0.39 is 10.0 Å². The van der Waals surface area contributed by atoms with Gasteiger partial charge >= 0.3 is 0 Å². The van der Waals surface area contributed by atoms with Crippen molar-refractivity contribution in [1.82, 2.24) is 0 Å². The second kappa shape index (κ2) is 7.68. The summed E-state index contributed by atoms with van der Waals surface area (Å²) >= 11 is 0. The number of hydrogen-bond donors (Lipinski definition) is 2. The zero-order chi connectivity index (χ0) is 18.8. The molecule has 0 fully saturated rings. The van der Waals surface area contributed by atoms with Crippen LogP contribution in [0.25, 0.3) is 0 Å². The molecule has 3 unspecified atom stereocenters. The van der Waals surface area contributed by atoms with E-state index in [-0.39, 0.29) is 15.4 Å². The first-order valence-electron chi connectivity index (χ1n) is 7.37. The third-order valence-corrected chi connectivity index (χ3v) is 5.94. The summed E-state index contributed by atoms with van der Waals surface area (Å²) in [6, 6.07) is 11.9. The summed E-state index contributed by atoms with van der Waals surface area (Å²) in [5.41, 5.74) is 2.53. The Morgan fingerprint density at radius 3 is 2.28 bits per heavy atom. The molecule has 0 bridgehead atoms. The molecule has 0 spiro atoms. The van der Waals surface area contributed by atoms with Crippen molar-refractivity contribution in [3.05, 3.63) is 53.6 Å². The average molecular weight is 414 g/mol. The average Bonchev–Trinajstić information content (AvgIpc) is 2.45. The fourth-order valence-corrected chi connectivity index (χ4v) is 4.11. The molecular formula is C16H21N2O3P3S. The van der Waals surface area contributed by atoms with Crippen molar-refractivity contribution < 1.29 is 13.2 Å². The lowest BCUT2D eigenvalue weighted by molar-refractivity contribution is -0.114. The van der Waals surface area contributed by atoms with Crippen molar-refractivity contribution in [3.63, 3.8) is 0 Å². The molecule has 0 saturated heterocycles. The first kappa shape index (κ1) is 20.3. The van der Waals surface area contributed by atoms with Crippen LogP contribution in [0.15, 0.2) is 47.4 Å². The topological polar surface area (TPSA) is 75.3 Å². The van der Waals surface area contributed by atoms with Crippen LogP contribution < -0.4 is 10.0 Å². The predicted octanol–water partition coefficient (Wildman–Crippen LogP) is 3.49. The highest BCUT2D eigenvalue weighted by Crippen LogP contribution is 2.45. The molecule has 134 valence electrons. The van der Waals surface area contributed by atoms with Gasteiger partial charge in [0.05, 0.1) is 4.90 Å². The minimum Gasteiger partial charge on any atom is -0.326 e. The van der Waals surface area contributed by atoms with E-state index >= 15 is 0 Å². The van der Waals surface area contributed by atoms with Crippen molar-refractivity contribution in [1.29, 1.82) is 0 Å². The molecule has 2 aromatic rings. The number of amides is 1. The predicted molar refractivity (Wildman–Crippen MR) is 114 cm³/mol. The summed E-state index contributed by atoms with van der Waals surface area (Å²) in [7, 11) is 4.27. The van der Waals surface area contributed by atoms with E-state index in [0.29, 0.717) is 16.9 Å². The normalized spacial score (nSPS) is 11.9. The quantitative estimate of drug-likeness (QED) is 0.736. The first-order chi connectivity index (χ1) is 11.5. The maximum absolute atomic E-state index is 12.7. The molecule has 2 rings (SSSR count). The zero-order valence-corrected chi connectivity index (χ0v) is 18.2. The van der Waals surface area contributed by atoms with Gasteiger partial charge in [0.1, 0.15) is 0 Å². The van der Waals surface area contributed by atoms with Gasteiger partial charge < -0.3 is 5.32 Å². The Kier molecular flexibility index (Phi) is 6.22. The fraction of sp³-hybridized carbons (Fsp3) is 0.188. The SMILES string of the molecule is CC(=O)Nc1ccc(S(=O)(=O)Nc2cccc(C(P)(P)P)c2)c(C)c1. The lowest BCUT2D eigenvalue weighted by Gasteiger charge is -2.19. The number of hydrogen-bond acceptors (Lipinski definition) is 3. The monoisotopic (exact) mass is 414 g/mol. The number of carbonyl (C=O) groups is 1. The fourth-order valence-electron chi connectivity index (χ4n) is 2.29. The minimum atomic E-state index is -3.73. The zero-order valence-electron chi connectivity index (χ0n) is 13.9. The van der Waals surface area contributed by atoms with E-state index in [4.69, 9.17) is 0 Å². The number of carbonyl (C=O) groups excluding carboxylic acids is 1. The van der Waals surface area contributed by atoms with Gasteiger partial charge in [0, 0.05) is 22.9 Å². The summed E-state index contributed by atoms with van der Waals surface area (Å²) in [4.78, 5) is 11.3. The molecule has 1 amide bonds. The minimum absolute atomic E-state index is 0.167. The van der Waals surface area contributed by atoms with Gasteiger partial charge in [-0.15, -0.1) is 27.7 Å². The van der Waals surface area contributed by atoms with Crippen LogP contribution in [-0.2, 0) is 19.5 Å². The van der Waals surface area contributed by atoms with Crippen LogP contribution in [0, 0.1) is 6.92 Å². The number of anilines is 2. The maximum atomic E-state index is 12.7. The number of rotatable bonds is 5. The molecule has 0 aliphatic rings. The molecule has 0 aliphatic heterocycles. The third-order valence-electron chi connectivity index (χ3n) is 3.40. The van der Waals surface area contributed by atoms with E-state index in [1.54, 1.807) is 37.3 Å². The molecule has 2 N–H and O–H groups in total. The van der Waals surface area contributed by atoms with Gasteiger partial charge in [-0.05, 0) is 48.4 Å².